The van der Waals surface area contributed by atoms with Crippen molar-refractivity contribution in [1.82, 2.24) is 10.3 Å². The molecule has 2 aromatic carbocycles. The molecule has 2 unspecified atom stereocenters. The molecule has 0 saturated carbocycles. The van der Waals surface area contributed by atoms with Crippen LogP contribution < -0.4 is 24.4 Å². The number of ether oxygens (including phenoxy) is 2. The van der Waals surface area contributed by atoms with Gasteiger partial charge < -0.3 is 24.1 Å². The minimum Gasteiger partial charge on any atom is -0.494 e. The molecule has 2 atom stereocenters. The van der Waals surface area contributed by atoms with Gasteiger partial charge >= 0.3 is 0 Å². The number of pyridine rings is 1. The van der Waals surface area contributed by atoms with Crippen LogP contribution in [0, 0.1) is 0 Å². The molecule has 1 fully saturated rings. The lowest BCUT2D eigenvalue weighted by atomic mass is 10.0. The Hall–Kier alpha value is -4.09. The Morgan fingerprint density at radius 1 is 1.10 bits per heavy atom. The van der Waals surface area contributed by atoms with E-state index in [4.69, 9.17) is 26.1 Å². The molecule has 1 aliphatic heterocycles. The maximum atomic E-state index is 11.8. The highest BCUT2D eigenvalue weighted by Gasteiger charge is 2.42. The zero-order valence-electron chi connectivity index (χ0n) is 21.6. The van der Waals surface area contributed by atoms with Crippen molar-refractivity contribution in [1.29, 1.82) is 0 Å². The highest BCUT2D eigenvalue weighted by Crippen LogP contribution is 2.44. The van der Waals surface area contributed by atoms with E-state index < -0.39 is 10.0 Å². The fourth-order valence-corrected chi connectivity index (χ4v) is 5.50. The highest BCUT2D eigenvalue weighted by molar-refractivity contribution is 7.92. The molecular weight excluding hydrogens is 536 g/mol. The Morgan fingerprint density at radius 2 is 1.90 bits per heavy atom. The number of nitrogens with zero attached hydrogens (tertiary/aromatic N) is 2. The molecule has 9 nitrogen and oxygen atoms in total. The van der Waals surface area contributed by atoms with Crippen molar-refractivity contribution in [2.45, 2.75) is 19.0 Å². The first-order valence-electron chi connectivity index (χ1n) is 12.3. The quantitative estimate of drug-likeness (QED) is 0.262. The lowest BCUT2D eigenvalue weighted by Gasteiger charge is -2.27. The molecule has 0 amide bonds. The molecule has 11 heteroatoms. The number of sulfonamides is 1. The second-order valence-electron chi connectivity index (χ2n) is 8.91. The van der Waals surface area contributed by atoms with Crippen LogP contribution in [-0.2, 0) is 10.0 Å². The summed E-state index contributed by atoms with van der Waals surface area (Å²) in [6, 6.07) is 21.8. The van der Waals surface area contributed by atoms with Crippen LogP contribution in [-0.4, -0.2) is 38.5 Å². The molecular formula is C28H28N4O5S2. The van der Waals surface area contributed by atoms with Crippen molar-refractivity contribution in [2.75, 3.05) is 29.6 Å². The fraction of sp³-hybridized carbons (Fsp3) is 0.214. The summed E-state index contributed by atoms with van der Waals surface area (Å²) in [5.41, 5.74) is 2.74. The summed E-state index contributed by atoms with van der Waals surface area (Å²) in [6.45, 7) is 2.54. The van der Waals surface area contributed by atoms with Gasteiger partial charge in [0.1, 0.15) is 29.1 Å². The number of methoxy groups -OCH3 is 1. The molecule has 1 aliphatic rings. The Morgan fingerprint density at radius 3 is 2.56 bits per heavy atom. The van der Waals surface area contributed by atoms with Gasteiger partial charge in [-0.05, 0) is 79.8 Å². The lowest BCUT2D eigenvalue weighted by Crippen LogP contribution is -2.29. The summed E-state index contributed by atoms with van der Waals surface area (Å²) < 4.78 is 43.6. The van der Waals surface area contributed by atoms with Gasteiger partial charge in [0.05, 0.1) is 37.4 Å². The molecule has 3 heterocycles. The van der Waals surface area contributed by atoms with Gasteiger partial charge in [-0.1, -0.05) is 6.07 Å². The first-order valence-corrected chi connectivity index (χ1v) is 14.6. The van der Waals surface area contributed by atoms with Crippen LogP contribution in [0.2, 0.25) is 0 Å². The summed E-state index contributed by atoms with van der Waals surface area (Å²) >= 11 is 5.80. The van der Waals surface area contributed by atoms with E-state index >= 15 is 0 Å². The third-order valence-electron chi connectivity index (χ3n) is 6.22. The van der Waals surface area contributed by atoms with Crippen molar-refractivity contribution in [2.24, 2.45) is 0 Å². The third-order valence-corrected chi connectivity index (χ3v) is 7.13. The molecule has 1 saturated heterocycles. The topological polar surface area (TPSA) is 106 Å². The molecule has 202 valence electrons. The molecule has 2 aromatic heterocycles. The van der Waals surface area contributed by atoms with E-state index in [1.54, 1.807) is 24.4 Å². The molecule has 0 bridgehead atoms. The van der Waals surface area contributed by atoms with Gasteiger partial charge in [0.25, 0.3) is 0 Å². The van der Waals surface area contributed by atoms with Gasteiger partial charge in [0.2, 0.25) is 10.0 Å². The van der Waals surface area contributed by atoms with Crippen molar-refractivity contribution in [3.05, 3.63) is 90.4 Å². The van der Waals surface area contributed by atoms with E-state index in [1.165, 1.54) is 7.11 Å². The zero-order chi connectivity index (χ0) is 27.6. The summed E-state index contributed by atoms with van der Waals surface area (Å²) in [5.74, 6) is 2.54. The van der Waals surface area contributed by atoms with E-state index in [9.17, 15) is 8.42 Å². The van der Waals surface area contributed by atoms with Crippen molar-refractivity contribution in [3.63, 3.8) is 0 Å². The zero-order valence-corrected chi connectivity index (χ0v) is 23.3. The smallest absolute Gasteiger partial charge is 0.229 e. The van der Waals surface area contributed by atoms with Gasteiger partial charge in [-0.3, -0.25) is 9.71 Å². The van der Waals surface area contributed by atoms with E-state index in [0.717, 1.165) is 23.3 Å². The van der Waals surface area contributed by atoms with Gasteiger partial charge in [-0.15, -0.1) is 0 Å². The first kappa shape index (κ1) is 26.5. The summed E-state index contributed by atoms with van der Waals surface area (Å²) in [4.78, 5) is 6.51. The van der Waals surface area contributed by atoms with Gasteiger partial charge in [-0.25, -0.2) is 8.42 Å². The summed E-state index contributed by atoms with van der Waals surface area (Å²) in [7, 11) is -2.01. The second-order valence-corrected chi connectivity index (χ2v) is 11.0. The fourth-order valence-electron chi connectivity index (χ4n) is 4.58. The van der Waals surface area contributed by atoms with Crippen molar-refractivity contribution in [3.8, 4) is 22.8 Å². The largest absolute Gasteiger partial charge is 0.494 e. The van der Waals surface area contributed by atoms with Crippen molar-refractivity contribution >= 4 is 38.7 Å². The Labute approximate surface area is 232 Å². The summed E-state index contributed by atoms with van der Waals surface area (Å²) in [6.07, 6.45) is 2.83. The molecule has 2 N–H and O–H groups in total. The first-order chi connectivity index (χ1) is 18.8. The standard InChI is InChI=1S/C28H28N4O5S2/c1-4-36-20-11-8-18(9-12-20)23-14-15-24(37-23)27-26(22-7-5-6-16-29-22)30-28(38)32(27)19-10-13-21(25(17-19)35-2)31-39(3,33)34/h5-17,26-27,31H,4H2,1-3H3,(H,30,38). The van der Waals surface area contributed by atoms with Gasteiger partial charge in [0, 0.05) is 23.5 Å². The average Bonchev–Trinajstić information content (AvgIpc) is 3.54. The van der Waals surface area contributed by atoms with Gasteiger partial charge in [0.15, 0.2) is 5.11 Å². The predicted molar refractivity (Wildman–Crippen MR) is 155 cm³/mol. The van der Waals surface area contributed by atoms with E-state index in [2.05, 4.69) is 15.0 Å². The average molecular weight is 565 g/mol. The maximum absolute atomic E-state index is 11.8. The van der Waals surface area contributed by atoms with Crippen LogP contribution in [0.15, 0.2) is 83.4 Å². The lowest BCUT2D eigenvalue weighted by molar-refractivity contribution is 0.340. The SMILES string of the molecule is CCOc1ccc(-c2ccc(C3C(c4ccccn4)NC(=S)N3c3ccc(NS(C)(=O)=O)c(OC)c3)o2)cc1. The van der Waals surface area contributed by atoms with Crippen molar-refractivity contribution < 1.29 is 22.3 Å². The van der Waals surface area contributed by atoms with Crippen LogP contribution in [0.1, 0.15) is 30.5 Å². The maximum Gasteiger partial charge on any atom is 0.229 e. The van der Waals surface area contributed by atoms with E-state index in [0.29, 0.717) is 40.4 Å². The monoisotopic (exact) mass is 564 g/mol. The van der Waals surface area contributed by atoms with E-state index in [1.807, 2.05) is 66.4 Å². The number of anilines is 2. The number of rotatable bonds is 9. The number of hydrogen-bond donors (Lipinski definition) is 2. The molecule has 39 heavy (non-hydrogen) atoms. The number of thiocarbonyl (C=S) groups is 1. The van der Waals surface area contributed by atoms with Crippen LogP contribution in [0.3, 0.4) is 0 Å². The third kappa shape index (κ3) is 5.69. The molecule has 0 spiro atoms. The highest BCUT2D eigenvalue weighted by atomic mass is 32.2. The summed E-state index contributed by atoms with van der Waals surface area (Å²) in [5, 5.41) is 3.87. The molecule has 5 rings (SSSR count). The number of hydrogen-bond acceptors (Lipinski definition) is 7. The molecule has 0 aliphatic carbocycles. The number of benzene rings is 2. The van der Waals surface area contributed by atoms with Crippen LogP contribution in [0.25, 0.3) is 11.3 Å². The number of furan rings is 1. The Balaban J connectivity index is 1.55. The van der Waals surface area contributed by atoms with Crippen LogP contribution in [0.4, 0.5) is 11.4 Å². The number of aromatic nitrogens is 1. The van der Waals surface area contributed by atoms with Gasteiger partial charge in [-0.2, -0.15) is 0 Å². The Kier molecular flexibility index (Phi) is 7.45. The minimum absolute atomic E-state index is 0.308. The number of nitrogens with one attached hydrogen (secondary N) is 2. The Bertz CT molecular complexity index is 1570. The normalized spacial score (nSPS) is 17.1. The van der Waals surface area contributed by atoms with E-state index in [-0.39, 0.29) is 12.1 Å². The van der Waals surface area contributed by atoms with Crippen LogP contribution in [0.5, 0.6) is 11.5 Å². The molecule has 4 aromatic rings. The second kappa shape index (κ2) is 11.0. The molecule has 0 radical (unpaired) electrons. The van der Waals surface area contributed by atoms with Crippen LogP contribution >= 0.6 is 12.2 Å². The minimum atomic E-state index is -3.49. The predicted octanol–water partition coefficient (Wildman–Crippen LogP) is 5.30.